The van der Waals surface area contributed by atoms with Crippen molar-refractivity contribution in [1.29, 1.82) is 0 Å². The molecule has 0 bridgehead atoms. The highest BCUT2D eigenvalue weighted by atomic mass is 16.5. The van der Waals surface area contributed by atoms with Crippen LogP contribution in [0.2, 0.25) is 0 Å². The molecule has 1 amide bonds. The van der Waals surface area contributed by atoms with Crippen LogP contribution in [-0.2, 0) is 20.9 Å². The molecule has 0 unspecified atom stereocenters. The van der Waals surface area contributed by atoms with Crippen LogP contribution in [0.15, 0.2) is 30.6 Å². The molecule has 1 saturated heterocycles. The van der Waals surface area contributed by atoms with Gasteiger partial charge in [-0.25, -0.2) is 4.98 Å². The second kappa shape index (κ2) is 6.81. The predicted octanol–water partition coefficient (Wildman–Crippen LogP) is 1.84. The minimum atomic E-state index is -0.424. The van der Waals surface area contributed by atoms with Crippen LogP contribution >= 0.6 is 0 Å². The molecule has 1 fully saturated rings. The number of rotatable bonds is 4. The van der Waals surface area contributed by atoms with Crippen molar-refractivity contribution in [2.45, 2.75) is 26.3 Å². The molecular formula is C17H21N3O3. The van der Waals surface area contributed by atoms with E-state index < -0.39 is 5.97 Å². The van der Waals surface area contributed by atoms with Gasteiger partial charge in [0.2, 0.25) is 0 Å². The van der Waals surface area contributed by atoms with Gasteiger partial charge in [-0.3, -0.25) is 9.59 Å². The van der Waals surface area contributed by atoms with E-state index in [0.29, 0.717) is 5.92 Å². The number of carbonyl (C=O) groups is 2. The highest BCUT2D eigenvalue weighted by molar-refractivity contribution is 5.82. The van der Waals surface area contributed by atoms with Crippen molar-refractivity contribution in [1.82, 2.24) is 14.5 Å². The topological polar surface area (TPSA) is 64.4 Å². The third-order valence-electron chi connectivity index (χ3n) is 4.19. The minimum absolute atomic E-state index is 0.0597. The van der Waals surface area contributed by atoms with Crippen molar-refractivity contribution >= 4 is 22.9 Å². The number of nitrogens with zero attached hydrogens (tertiary/aromatic N) is 3. The first kappa shape index (κ1) is 15.5. The van der Waals surface area contributed by atoms with Gasteiger partial charge in [-0.15, -0.1) is 0 Å². The second-order valence-corrected chi connectivity index (χ2v) is 6.11. The third-order valence-corrected chi connectivity index (χ3v) is 4.19. The van der Waals surface area contributed by atoms with E-state index in [1.54, 1.807) is 15.8 Å². The lowest BCUT2D eigenvalue weighted by Crippen LogP contribution is -2.41. The van der Waals surface area contributed by atoms with Crippen molar-refractivity contribution in [3.63, 3.8) is 0 Å². The fourth-order valence-corrected chi connectivity index (χ4v) is 2.97. The van der Waals surface area contributed by atoms with Crippen LogP contribution in [0.1, 0.15) is 19.8 Å². The highest BCUT2D eigenvalue weighted by Crippen LogP contribution is 2.15. The van der Waals surface area contributed by atoms with Crippen LogP contribution in [0.3, 0.4) is 0 Å². The molecule has 2 heterocycles. The van der Waals surface area contributed by atoms with Crippen LogP contribution in [0.5, 0.6) is 0 Å². The molecular weight excluding hydrogens is 294 g/mol. The number of benzene rings is 1. The SMILES string of the molecule is C[C@@H]1CCCN(C(=O)COC(=O)Cn2cnc3ccccc32)C1. The van der Waals surface area contributed by atoms with Gasteiger partial charge in [0, 0.05) is 13.1 Å². The normalized spacial score (nSPS) is 18.1. The third kappa shape index (κ3) is 3.70. The average molecular weight is 315 g/mol. The first-order valence-corrected chi connectivity index (χ1v) is 7.97. The van der Waals surface area contributed by atoms with E-state index in [4.69, 9.17) is 4.74 Å². The summed E-state index contributed by atoms with van der Waals surface area (Å²) in [4.78, 5) is 30.1. The van der Waals surface area contributed by atoms with Gasteiger partial charge >= 0.3 is 5.97 Å². The Morgan fingerprint density at radius 2 is 2.17 bits per heavy atom. The van der Waals surface area contributed by atoms with E-state index in [0.717, 1.165) is 37.0 Å². The van der Waals surface area contributed by atoms with Gasteiger partial charge in [0.15, 0.2) is 6.61 Å². The van der Waals surface area contributed by atoms with E-state index in [-0.39, 0.29) is 19.1 Å². The monoisotopic (exact) mass is 315 g/mol. The molecule has 0 saturated carbocycles. The number of hydrogen-bond donors (Lipinski definition) is 0. The van der Waals surface area contributed by atoms with Gasteiger partial charge < -0.3 is 14.2 Å². The lowest BCUT2D eigenvalue weighted by molar-refractivity contribution is -0.153. The van der Waals surface area contributed by atoms with Crippen LogP contribution in [0.4, 0.5) is 0 Å². The fourth-order valence-electron chi connectivity index (χ4n) is 2.97. The number of imidazole rings is 1. The number of ether oxygens (including phenoxy) is 1. The summed E-state index contributed by atoms with van der Waals surface area (Å²) in [7, 11) is 0. The van der Waals surface area contributed by atoms with Gasteiger partial charge in [0.1, 0.15) is 6.54 Å². The van der Waals surface area contributed by atoms with Crippen LogP contribution in [-0.4, -0.2) is 46.0 Å². The van der Waals surface area contributed by atoms with Crippen molar-refractivity contribution in [3.8, 4) is 0 Å². The number of para-hydroxylation sites is 2. The Morgan fingerprint density at radius 3 is 3.00 bits per heavy atom. The summed E-state index contributed by atoms with van der Waals surface area (Å²) < 4.78 is 6.86. The summed E-state index contributed by atoms with van der Waals surface area (Å²) >= 11 is 0. The summed E-state index contributed by atoms with van der Waals surface area (Å²) in [6, 6.07) is 7.58. The van der Waals surface area contributed by atoms with Crippen molar-refractivity contribution in [3.05, 3.63) is 30.6 Å². The molecule has 0 spiro atoms. The summed E-state index contributed by atoms with van der Waals surface area (Å²) in [5.74, 6) is -0.0207. The Morgan fingerprint density at radius 1 is 1.35 bits per heavy atom. The number of piperidine rings is 1. The number of hydrogen-bond acceptors (Lipinski definition) is 4. The van der Waals surface area contributed by atoms with E-state index in [9.17, 15) is 9.59 Å². The van der Waals surface area contributed by atoms with E-state index in [2.05, 4.69) is 11.9 Å². The standard InChI is InChI=1S/C17H21N3O3/c1-13-5-4-8-19(9-13)16(21)11-23-17(22)10-20-12-18-14-6-2-3-7-15(14)20/h2-3,6-7,12-13H,4-5,8-11H2,1H3/t13-/m1/s1. The molecule has 1 aliphatic rings. The average Bonchev–Trinajstić information content (AvgIpc) is 2.96. The quantitative estimate of drug-likeness (QED) is 0.808. The fraction of sp³-hybridized carbons (Fsp3) is 0.471. The lowest BCUT2D eigenvalue weighted by atomic mass is 10.0. The maximum atomic E-state index is 12.1. The smallest absolute Gasteiger partial charge is 0.326 e. The number of likely N-dealkylation sites (tertiary alicyclic amines) is 1. The van der Waals surface area contributed by atoms with E-state index >= 15 is 0 Å². The Bertz CT molecular complexity index is 710. The van der Waals surface area contributed by atoms with E-state index in [1.807, 2.05) is 24.3 Å². The first-order valence-electron chi connectivity index (χ1n) is 7.97. The summed E-state index contributed by atoms with van der Waals surface area (Å²) in [5, 5.41) is 0. The summed E-state index contributed by atoms with van der Waals surface area (Å²) in [5.41, 5.74) is 1.71. The number of aromatic nitrogens is 2. The molecule has 1 atom stereocenters. The molecule has 2 aromatic rings. The zero-order valence-electron chi connectivity index (χ0n) is 13.3. The van der Waals surface area contributed by atoms with Crippen molar-refractivity contribution in [2.75, 3.05) is 19.7 Å². The Labute approximate surface area is 135 Å². The molecule has 6 heteroatoms. The van der Waals surface area contributed by atoms with Crippen molar-refractivity contribution in [2.24, 2.45) is 5.92 Å². The molecule has 122 valence electrons. The van der Waals surface area contributed by atoms with Crippen LogP contribution < -0.4 is 0 Å². The lowest BCUT2D eigenvalue weighted by Gasteiger charge is -2.30. The molecule has 0 radical (unpaired) electrons. The maximum absolute atomic E-state index is 12.1. The zero-order valence-corrected chi connectivity index (χ0v) is 13.3. The van der Waals surface area contributed by atoms with Gasteiger partial charge in [-0.05, 0) is 30.9 Å². The Kier molecular flexibility index (Phi) is 4.60. The molecule has 3 rings (SSSR count). The first-order chi connectivity index (χ1) is 11.1. The number of amides is 1. The van der Waals surface area contributed by atoms with Gasteiger partial charge in [-0.2, -0.15) is 0 Å². The summed E-state index contributed by atoms with van der Waals surface area (Å²) in [6.07, 6.45) is 3.78. The largest absolute Gasteiger partial charge is 0.454 e. The van der Waals surface area contributed by atoms with Crippen LogP contribution in [0, 0.1) is 5.92 Å². The van der Waals surface area contributed by atoms with Gasteiger partial charge in [0.05, 0.1) is 17.4 Å². The molecule has 0 N–H and O–H groups in total. The van der Waals surface area contributed by atoms with Crippen molar-refractivity contribution < 1.29 is 14.3 Å². The number of esters is 1. The molecule has 6 nitrogen and oxygen atoms in total. The molecule has 0 aliphatic carbocycles. The molecule has 1 aromatic carbocycles. The maximum Gasteiger partial charge on any atom is 0.326 e. The van der Waals surface area contributed by atoms with Crippen LogP contribution in [0.25, 0.3) is 11.0 Å². The summed E-state index contributed by atoms with van der Waals surface area (Å²) in [6.45, 7) is 3.52. The predicted molar refractivity (Wildman–Crippen MR) is 85.7 cm³/mol. The van der Waals surface area contributed by atoms with E-state index in [1.165, 1.54) is 0 Å². The highest BCUT2D eigenvalue weighted by Gasteiger charge is 2.21. The molecule has 1 aliphatic heterocycles. The molecule has 1 aromatic heterocycles. The Balaban J connectivity index is 1.52. The Hall–Kier alpha value is -2.37. The zero-order chi connectivity index (χ0) is 16.2. The second-order valence-electron chi connectivity index (χ2n) is 6.11. The number of fused-ring (bicyclic) bond motifs is 1. The van der Waals surface area contributed by atoms with Gasteiger partial charge in [0.25, 0.3) is 5.91 Å². The van der Waals surface area contributed by atoms with Gasteiger partial charge in [-0.1, -0.05) is 19.1 Å². The number of carbonyl (C=O) groups excluding carboxylic acids is 2. The minimum Gasteiger partial charge on any atom is -0.454 e. The molecule has 23 heavy (non-hydrogen) atoms.